The van der Waals surface area contributed by atoms with Crippen LogP contribution in [0.4, 0.5) is 13.2 Å². The van der Waals surface area contributed by atoms with Gasteiger partial charge in [-0.25, -0.2) is 9.59 Å². The molecule has 0 unspecified atom stereocenters. The van der Waals surface area contributed by atoms with Crippen molar-refractivity contribution in [1.82, 2.24) is 4.90 Å². The van der Waals surface area contributed by atoms with Gasteiger partial charge >= 0.3 is 18.1 Å². The first-order valence-corrected chi connectivity index (χ1v) is 13.5. The molecule has 0 saturated carbocycles. The van der Waals surface area contributed by atoms with Crippen LogP contribution in [0, 0.1) is 5.41 Å². The third-order valence-corrected chi connectivity index (χ3v) is 6.54. The molecule has 1 aliphatic heterocycles. The van der Waals surface area contributed by atoms with Gasteiger partial charge < -0.3 is 14.4 Å². The summed E-state index contributed by atoms with van der Waals surface area (Å²) in [6.45, 7) is 13.0. The van der Waals surface area contributed by atoms with Gasteiger partial charge in [-0.15, -0.1) is 0 Å². The normalized spacial score (nSPS) is 15.4. The maximum atomic E-state index is 14.3. The second kappa shape index (κ2) is 12.7. The van der Waals surface area contributed by atoms with Crippen molar-refractivity contribution in [3.05, 3.63) is 93.8 Å². The van der Waals surface area contributed by atoms with Crippen molar-refractivity contribution in [2.75, 3.05) is 19.8 Å². The number of benzene rings is 2. The van der Waals surface area contributed by atoms with Crippen LogP contribution in [0.1, 0.15) is 71.1 Å². The van der Waals surface area contributed by atoms with Gasteiger partial charge in [0, 0.05) is 23.5 Å². The molecule has 0 radical (unpaired) electrons. The van der Waals surface area contributed by atoms with Gasteiger partial charge in [-0.2, -0.15) is 13.2 Å². The van der Waals surface area contributed by atoms with Crippen molar-refractivity contribution in [2.45, 2.75) is 60.6 Å². The van der Waals surface area contributed by atoms with Crippen molar-refractivity contribution in [2.24, 2.45) is 10.4 Å². The number of amidine groups is 1. The monoisotopic (exact) mass is 570 g/mol. The molecule has 0 atom stereocenters. The van der Waals surface area contributed by atoms with Crippen molar-refractivity contribution < 1.29 is 32.2 Å². The van der Waals surface area contributed by atoms with Crippen LogP contribution in [0.25, 0.3) is 0 Å². The zero-order valence-electron chi connectivity index (χ0n) is 24.6. The molecule has 41 heavy (non-hydrogen) atoms. The summed E-state index contributed by atoms with van der Waals surface area (Å²) < 4.78 is 53.6. The molecule has 0 spiro atoms. The summed E-state index contributed by atoms with van der Waals surface area (Å²) in [5, 5.41) is 0. The lowest BCUT2D eigenvalue weighted by Crippen LogP contribution is -2.39. The first-order chi connectivity index (χ1) is 19.2. The highest BCUT2D eigenvalue weighted by molar-refractivity contribution is 6.06. The Morgan fingerprint density at radius 2 is 1.32 bits per heavy atom. The second-order valence-electron chi connectivity index (χ2n) is 10.9. The number of halogens is 3. The molecule has 2 aromatic carbocycles. The third kappa shape index (κ3) is 7.07. The second-order valence-corrected chi connectivity index (χ2v) is 10.9. The van der Waals surface area contributed by atoms with Crippen molar-refractivity contribution in [1.29, 1.82) is 0 Å². The fourth-order valence-corrected chi connectivity index (χ4v) is 4.83. The van der Waals surface area contributed by atoms with Crippen molar-refractivity contribution >= 4 is 17.8 Å². The Balaban J connectivity index is 2.46. The lowest BCUT2D eigenvalue weighted by atomic mass is 9.77. The first-order valence-electron chi connectivity index (χ1n) is 13.5. The van der Waals surface area contributed by atoms with Crippen LogP contribution in [0.15, 0.2) is 82.1 Å². The van der Waals surface area contributed by atoms with Crippen LogP contribution in [-0.2, 0) is 25.2 Å². The summed E-state index contributed by atoms with van der Waals surface area (Å²) in [6.07, 6.45) is -4.74. The number of hydrogen-bond donors (Lipinski definition) is 0. The molecule has 1 heterocycles. The number of aliphatic imine (C=N–C) groups is 1. The molecular weight excluding hydrogens is 533 g/mol. The number of carbonyl (C=O) groups is 2. The van der Waals surface area contributed by atoms with Crippen LogP contribution < -0.4 is 0 Å². The number of ether oxygens (including phenoxy) is 2. The smallest absolute Gasteiger partial charge is 0.416 e. The van der Waals surface area contributed by atoms with Crippen LogP contribution in [0.3, 0.4) is 0 Å². The number of esters is 2. The molecule has 1 aliphatic rings. The largest absolute Gasteiger partial charge is 0.463 e. The zero-order valence-corrected chi connectivity index (χ0v) is 24.6. The average molecular weight is 571 g/mol. The van der Waals surface area contributed by atoms with Crippen molar-refractivity contribution in [3.8, 4) is 0 Å². The fourth-order valence-electron chi connectivity index (χ4n) is 4.83. The number of nitrogens with zero attached hydrogens (tertiary/aromatic N) is 2. The van der Waals surface area contributed by atoms with Gasteiger partial charge in [-0.1, -0.05) is 69.3 Å². The number of hydrogen-bond acceptors (Lipinski definition) is 5. The highest BCUT2D eigenvalue weighted by Gasteiger charge is 2.45. The maximum absolute atomic E-state index is 14.3. The molecule has 0 N–H and O–H groups in total. The molecule has 0 aromatic heterocycles. The van der Waals surface area contributed by atoms with E-state index in [0.29, 0.717) is 29.3 Å². The van der Waals surface area contributed by atoms with Gasteiger partial charge in [0.05, 0.1) is 35.8 Å². The molecule has 0 saturated heterocycles. The molecular formula is C32H37F3N2O4. The van der Waals surface area contributed by atoms with E-state index in [-0.39, 0.29) is 35.3 Å². The Morgan fingerprint density at radius 3 is 1.78 bits per heavy atom. The molecule has 0 fully saturated rings. The van der Waals surface area contributed by atoms with Crippen molar-refractivity contribution in [3.63, 3.8) is 0 Å². The summed E-state index contributed by atoms with van der Waals surface area (Å²) in [5.74, 6) is -2.59. The Kier molecular flexibility index (Phi) is 9.84. The third-order valence-electron chi connectivity index (χ3n) is 6.54. The Morgan fingerprint density at radius 1 is 0.829 bits per heavy atom. The fraction of sp³-hybridized carbons (Fsp3) is 0.406. The van der Waals surface area contributed by atoms with Gasteiger partial charge in [-0.3, -0.25) is 4.99 Å². The highest BCUT2D eigenvalue weighted by atomic mass is 19.4. The van der Waals surface area contributed by atoms with Gasteiger partial charge in [0.15, 0.2) is 0 Å². The topological polar surface area (TPSA) is 68.2 Å². The standard InChI is InChI=1S/C32H37F3N2O4/c1-8-40-29(38)25-20(3)37(28(36-19-31(5,6)7)22-15-11-10-12-16-22)21(4)26(30(39)41-9-2)27(25)23-17-13-14-18-24(23)32(33,34)35/h10-18,27H,8-9,19H2,1-7H3. The lowest BCUT2D eigenvalue weighted by Gasteiger charge is -2.39. The molecule has 220 valence electrons. The molecule has 0 aliphatic carbocycles. The number of carbonyl (C=O) groups excluding carboxylic acids is 2. The van der Waals surface area contributed by atoms with Gasteiger partial charge in [0.1, 0.15) is 5.84 Å². The quantitative estimate of drug-likeness (QED) is 0.199. The molecule has 0 amide bonds. The minimum atomic E-state index is -4.74. The Bertz CT molecular complexity index is 1330. The summed E-state index contributed by atoms with van der Waals surface area (Å²) >= 11 is 0. The maximum Gasteiger partial charge on any atom is 0.416 e. The van der Waals surface area contributed by atoms with Crippen LogP contribution >= 0.6 is 0 Å². The van der Waals surface area contributed by atoms with E-state index in [9.17, 15) is 22.8 Å². The van der Waals surface area contributed by atoms with Gasteiger partial charge in [0.2, 0.25) is 0 Å². The summed E-state index contributed by atoms with van der Waals surface area (Å²) in [4.78, 5) is 33.8. The minimum Gasteiger partial charge on any atom is -0.463 e. The van der Waals surface area contributed by atoms with Crippen LogP contribution in [-0.4, -0.2) is 42.4 Å². The molecule has 2 aromatic rings. The zero-order chi connectivity index (χ0) is 30.5. The van der Waals surface area contributed by atoms with E-state index in [2.05, 4.69) is 0 Å². The Labute approximate surface area is 239 Å². The summed E-state index contributed by atoms with van der Waals surface area (Å²) in [6, 6.07) is 14.2. The molecule has 0 bridgehead atoms. The summed E-state index contributed by atoms with van der Waals surface area (Å²) in [7, 11) is 0. The molecule has 9 heteroatoms. The van der Waals surface area contributed by atoms with Gasteiger partial charge in [0.25, 0.3) is 0 Å². The first kappa shape index (κ1) is 31.6. The number of rotatable bonds is 7. The van der Waals surface area contributed by atoms with E-state index in [0.717, 1.165) is 6.07 Å². The van der Waals surface area contributed by atoms with E-state index in [4.69, 9.17) is 14.5 Å². The summed E-state index contributed by atoms with van der Waals surface area (Å²) in [5.41, 5.74) is -0.235. The average Bonchev–Trinajstić information content (AvgIpc) is 2.89. The predicted octanol–water partition coefficient (Wildman–Crippen LogP) is 7.27. The van der Waals surface area contributed by atoms with Gasteiger partial charge in [-0.05, 0) is 44.7 Å². The van der Waals surface area contributed by atoms with E-state index in [1.807, 2.05) is 51.1 Å². The van der Waals surface area contributed by atoms with E-state index in [1.54, 1.807) is 32.6 Å². The van der Waals surface area contributed by atoms with Crippen LogP contribution in [0.5, 0.6) is 0 Å². The Hall–Kier alpha value is -3.88. The number of allylic oxidation sites excluding steroid dienone is 2. The van der Waals surface area contributed by atoms with E-state index < -0.39 is 29.6 Å². The lowest BCUT2D eigenvalue weighted by molar-refractivity contribution is -0.142. The van der Waals surface area contributed by atoms with E-state index in [1.165, 1.54) is 18.2 Å². The minimum absolute atomic E-state index is 0.00958. The SMILES string of the molecule is CCOC(=O)C1=C(C)N(C(=NCC(C)(C)C)c2ccccc2)C(C)=C(C(=O)OCC)C1c1ccccc1C(F)(F)F. The number of alkyl halides is 3. The predicted molar refractivity (Wildman–Crippen MR) is 152 cm³/mol. The highest BCUT2D eigenvalue weighted by Crippen LogP contribution is 2.47. The molecule has 3 rings (SSSR count). The molecule has 6 nitrogen and oxygen atoms in total. The van der Waals surface area contributed by atoms with E-state index >= 15 is 0 Å². The van der Waals surface area contributed by atoms with Crippen LogP contribution in [0.2, 0.25) is 0 Å².